The number of aromatic nitrogens is 5. The topological polar surface area (TPSA) is 89.7 Å². The van der Waals surface area contributed by atoms with Crippen molar-refractivity contribution in [1.29, 1.82) is 0 Å². The smallest absolute Gasteiger partial charge is 0.319 e. The monoisotopic (exact) mass is 337 g/mol. The quantitative estimate of drug-likeness (QED) is 0.764. The van der Waals surface area contributed by atoms with E-state index in [9.17, 15) is 4.79 Å². The number of benzene rings is 1. The van der Waals surface area contributed by atoms with E-state index >= 15 is 0 Å². The summed E-state index contributed by atoms with van der Waals surface area (Å²) >= 11 is 0. The van der Waals surface area contributed by atoms with Gasteiger partial charge in [-0.25, -0.2) is 19.1 Å². The first-order valence-electron chi connectivity index (χ1n) is 8.24. The molecule has 25 heavy (non-hydrogen) atoms. The van der Waals surface area contributed by atoms with Crippen molar-refractivity contribution in [3.05, 3.63) is 54.4 Å². The molecule has 0 aliphatic carbocycles. The Morgan fingerprint density at radius 3 is 3.08 bits per heavy atom. The Morgan fingerprint density at radius 1 is 1.32 bits per heavy atom. The molecule has 0 radical (unpaired) electrons. The maximum atomic E-state index is 12.4. The number of carbonyl (C=O) groups is 1. The molecule has 0 fully saturated rings. The summed E-state index contributed by atoms with van der Waals surface area (Å²) < 4.78 is 3.61. The number of nitrogens with zero attached hydrogens (tertiary/aromatic N) is 5. The van der Waals surface area contributed by atoms with Gasteiger partial charge in [-0.2, -0.15) is 10.2 Å². The summed E-state index contributed by atoms with van der Waals surface area (Å²) in [6, 6.07) is 7.55. The fourth-order valence-corrected chi connectivity index (χ4v) is 3.01. The van der Waals surface area contributed by atoms with Crippen molar-refractivity contribution in [2.45, 2.75) is 32.4 Å². The van der Waals surface area contributed by atoms with Crippen LogP contribution in [0.3, 0.4) is 0 Å². The zero-order valence-corrected chi connectivity index (χ0v) is 13.9. The second-order valence-electron chi connectivity index (χ2n) is 6.14. The molecule has 1 aromatic carbocycles. The molecule has 3 heterocycles. The number of nitrogens with one attached hydrogen (secondary N) is 2. The molecule has 2 amide bonds. The molecule has 8 heteroatoms. The predicted octanol–water partition coefficient (Wildman–Crippen LogP) is 1.91. The van der Waals surface area contributed by atoms with Gasteiger partial charge in [-0.1, -0.05) is 6.07 Å². The molecule has 0 saturated carbocycles. The Bertz CT molecular complexity index is 884. The van der Waals surface area contributed by atoms with E-state index in [4.69, 9.17) is 0 Å². The fraction of sp³-hybridized carbons (Fsp3) is 0.294. The van der Waals surface area contributed by atoms with E-state index in [2.05, 4.69) is 25.8 Å². The minimum absolute atomic E-state index is 0.0452. The first-order chi connectivity index (χ1) is 12.2. The Kier molecular flexibility index (Phi) is 3.93. The SMILES string of the molecule is Cc1ccc(-n2cccn2)cc1NC(=O)N[C@@H]1CCc2ncnn2C1. The summed E-state index contributed by atoms with van der Waals surface area (Å²) in [4.78, 5) is 16.6. The Morgan fingerprint density at radius 2 is 2.24 bits per heavy atom. The van der Waals surface area contributed by atoms with Crippen LogP contribution in [0.15, 0.2) is 43.0 Å². The molecule has 0 saturated heterocycles. The molecule has 128 valence electrons. The van der Waals surface area contributed by atoms with Gasteiger partial charge in [-0.15, -0.1) is 0 Å². The minimum Gasteiger partial charge on any atom is -0.333 e. The van der Waals surface area contributed by atoms with Gasteiger partial charge >= 0.3 is 6.03 Å². The van der Waals surface area contributed by atoms with Crippen molar-refractivity contribution in [3.63, 3.8) is 0 Å². The van der Waals surface area contributed by atoms with E-state index in [1.54, 1.807) is 17.2 Å². The zero-order chi connectivity index (χ0) is 17.2. The predicted molar refractivity (Wildman–Crippen MR) is 92.6 cm³/mol. The molecule has 0 bridgehead atoms. The summed E-state index contributed by atoms with van der Waals surface area (Å²) in [7, 11) is 0. The molecular formula is C17H19N7O. The number of rotatable bonds is 3. The molecule has 0 unspecified atom stereocenters. The molecule has 0 spiro atoms. The molecule has 3 aromatic rings. The number of amides is 2. The van der Waals surface area contributed by atoms with E-state index in [0.717, 1.165) is 35.6 Å². The van der Waals surface area contributed by atoms with Gasteiger partial charge in [0.25, 0.3) is 0 Å². The lowest BCUT2D eigenvalue weighted by Crippen LogP contribution is -2.43. The number of fused-ring (bicyclic) bond motifs is 1. The fourth-order valence-electron chi connectivity index (χ4n) is 3.01. The number of urea groups is 1. The summed E-state index contributed by atoms with van der Waals surface area (Å²) in [5, 5.41) is 14.4. The summed E-state index contributed by atoms with van der Waals surface area (Å²) in [6.07, 6.45) is 6.83. The van der Waals surface area contributed by atoms with Gasteiger partial charge in [0, 0.05) is 24.5 Å². The van der Waals surface area contributed by atoms with E-state index in [1.807, 2.05) is 42.1 Å². The highest BCUT2D eigenvalue weighted by Crippen LogP contribution is 2.19. The van der Waals surface area contributed by atoms with Crippen LogP contribution in [0.25, 0.3) is 5.69 Å². The molecule has 1 aliphatic rings. The van der Waals surface area contributed by atoms with E-state index in [1.165, 1.54) is 0 Å². The Labute approximate surface area is 144 Å². The Balaban J connectivity index is 1.43. The van der Waals surface area contributed by atoms with Crippen molar-refractivity contribution < 1.29 is 4.79 Å². The number of carbonyl (C=O) groups excluding carboxylic acids is 1. The summed E-state index contributed by atoms with van der Waals surface area (Å²) in [6.45, 7) is 2.61. The van der Waals surface area contributed by atoms with E-state index in [0.29, 0.717) is 6.54 Å². The second kappa shape index (κ2) is 6.39. The summed E-state index contributed by atoms with van der Waals surface area (Å²) in [5.74, 6) is 0.973. The van der Waals surface area contributed by atoms with Gasteiger partial charge < -0.3 is 10.6 Å². The van der Waals surface area contributed by atoms with Gasteiger partial charge in [-0.05, 0) is 37.1 Å². The van der Waals surface area contributed by atoms with Crippen LogP contribution in [-0.2, 0) is 13.0 Å². The van der Waals surface area contributed by atoms with Gasteiger partial charge in [0.15, 0.2) is 0 Å². The largest absolute Gasteiger partial charge is 0.333 e. The molecule has 2 aromatic heterocycles. The van der Waals surface area contributed by atoms with Crippen LogP contribution in [-0.4, -0.2) is 36.6 Å². The highest BCUT2D eigenvalue weighted by molar-refractivity contribution is 5.90. The van der Waals surface area contributed by atoms with Gasteiger partial charge in [-0.3, -0.25) is 0 Å². The van der Waals surface area contributed by atoms with Gasteiger partial charge in [0.2, 0.25) is 0 Å². The van der Waals surface area contributed by atoms with Crippen molar-refractivity contribution in [2.75, 3.05) is 5.32 Å². The highest BCUT2D eigenvalue weighted by atomic mass is 16.2. The van der Waals surface area contributed by atoms with Crippen LogP contribution in [0.4, 0.5) is 10.5 Å². The highest BCUT2D eigenvalue weighted by Gasteiger charge is 2.21. The first-order valence-corrected chi connectivity index (χ1v) is 8.24. The third kappa shape index (κ3) is 3.23. The lowest BCUT2D eigenvalue weighted by atomic mass is 10.1. The number of hydrogen-bond acceptors (Lipinski definition) is 4. The average molecular weight is 337 g/mol. The normalized spacial score (nSPS) is 16.3. The third-order valence-corrected chi connectivity index (χ3v) is 4.38. The maximum Gasteiger partial charge on any atom is 0.319 e. The standard InChI is InChI=1S/C17H19N7O/c1-12-3-5-14(23-8-2-7-19-23)9-15(12)22-17(25)21-13-4-6-16-18-11-20-24(16)10-13/h2-3,5,7-9,11,13H,4,6,10H2,1H3,(H2,21,22,25)/t13-/m1/s1. The van der Waals surface area contributed by atoms with E-state index in [-0.39, 0.29) is 12.1 Å². The molecule has 2 N–H and O–H groups in total. The number of hydrogen-bond donors (Lipinski definition) is 2. The lowest BCUT2D eigenvalue weighted by molar-refractivity contribution is 0.243. The van der Waals surface area contributed by atoms with Crippen LogP contribution in [0, 0.1) is 6.92 Å². The van der Waals surface area contributed by atoms with E-state index < -0.39 is 0 Å². The van der Waals surface area contributed by atoms with Crippen LogP contribution >= 0.6 is 0 Å². The van der Waals surface area contributed by atoms with Crippen molar-refractivity contribution in [1.82, 2.24) is 29.9 Å². The number of aryl methyl sites for hydroxylation is 2. The summed E-state index contributed by atoms with van der Waals surface area (Å²) in [5.41, 5.74) is 2.66. The minimum atomic E-state index is -0.214. The molecule has 4 rings (SSSR count). The first kappa shape index (κ1) is 15.4. The third-order valence-electron chi connectivity index (χ3n) is 4.38. The lowest BCUT2D eigenvalue weighted by Gasteiger charge is -2.24. The molecular weight excluding hydrogens is 318 g/mol. The van der Waals surface area contributed by atoms with Crippen molar-refractivity contribution in [3.8, 4) is 5.69 Å². The van der Waals surface area contributed by atoms with Crippen molar-refractivity contribution >= 4 is 11.7 Å². The average Bonchev–Trinajstić information content (AvgIpc) is 3.27. The van der Waals surface area contributed by atoms with Crippen LogP contribution in [0.2, 0.25) is 0 Å². The maximum absolute atomic E-state index is 12.4. The zero-order valence-electron chi connectivity index (χ0n) is 13.9. The molecule has 1 aliphatic heterocycles. The van der Waals surface area contributed by atoms with Crippen LogP contribution in [0.5, 0.6) is 0 Å². The van der Waals surface area contributed by atoms with Gasteiger partial charge in [0.1, 0.15) is 12.2 Å². The second-order valence-corrected chi connectivity index (χ2v) is 6.14. The molecule has 1 atom stereocenters. The van der Waals surface area contributed by atoms with Crippen LogP contribution < -0.4 is 10.6 Å². The van der Waals surface area contributed by atoms with Crippen molar-refractivity contribution in [2.24, 2.45) is 0 Å². The molecule has 8 nitrogen and oxygen atoms in total. The Hall–Kier alpha value is -3.16. The van der Waals surface area contributed by atoms with Gasteiger partial charge in [0.05, 0.1) is 18.3 Å². The van der Waals surface area contributed by atoms with Crippen LogP contribution in [0.1, 0.15) is 17.8 Å². The number of anilines is 1.